The van der Waals surface area contributed by atoms with E-state index >= 15 is 0 Å². The van der Waals surface area contributed by atoms with Crippen LogP contribution in [-0.4, -0.2) is 59.0 Å². The van der Waals surface area contributed by atoms with Crippen LogP contribution in [0.2, 0.25) is 0 Å². The largest absolute Gasteiger partial charge is 0.368 e. The maximum Gasteiger partial charge on any atom is 0.290 e. The molecule has 254 valence electrons. The standard InChI is InChI=1S/C38H41N5O6/c1-24(33(45)36(48)42-30(21-25-13-6-4-7-14-25)35(47)43-38(2,3)37(39)49)40-34(46)31(41-32(44)22-26-15-8-5-9-16-26)23-28-19-12-18-27-17-10-11-20-29(27)28/h4-20,24,30-31H,21-23H2,1-3H3,(H2,39,49)(H,40,46)(H,41,44)(H,42,48)(H,43,47)/t24?,30-,31-/m0/s1. The summed E-state index contributed by atoms with van der Waals surface area (Å²) < 4.78 is 0. The number of carbonyl (C=O) groups excluding carboxylic acids is 6. The minimum absolute atomic E-state index is 0.0157. The van der Waals surface area contributed by atoms with Gasteiger partial charge in [0.2, 0.25) is 29.4 Å². The van der Waals surface area contributed by atoms with Crippen LogP contribution < -0.4 is 27.0 Å². The van der Waals surface area contributed by atoms with E-state index < -0.39 is 59.0 Å². The number of rotatable bonds is 15. The van der Waals surface area contributed by atoms with Gasteiger partial charge in [0, 0.05) is 12.8 Å². The Bertz CT molecular complexity index is 1820. The summed E-state index contributed by atoms with van der Waals surface area (Å²) in [6.45, 7) is 4.19. The van der Waals surface area contributed by atoms with E-state index in [1.807, 2.05) is 60.7 Å². The Balaban J connectivity index is 1.50. The Morgan fingerprint density at radius 2 is 1.22 bits per heavy atom. The van der Waals surface area contributed by atoms with Gasteiger partial charge in [0.1, 0.15) is 17.6 Å². The number of hydrogen-bond acceptors (Lipinski definition) is 6. The molecule has 0 bridgehead atoms. The molecule has 11 heteroatoms. The number of ketones is 1. The molecule has 0 aliphatic rings. The second kappa shape index (κ2) is 16.3. The third kappa shape index (κ3) is 10.1. The maximum absolute atomic E-state index is 13.7. The first-order valence-corrected chi connectivity index (χ1v) is 15.9. The molecule has 1 unspecified atom stereocenters. The molecule has 0 heterocycles. The predicted molar refractivity (Wildman–Crippen MR) is 186 cm³/mol. The Morgan fingerprint density at radius 1 is 0.653 bits per heavy atom. The van der Waals surface area contributed by atoms with E-state index in [2.05, 4.69) is 21.3 Å². The molecule has 5 amide bonds. The van der Waals surface area contributed by atoms with Crippen LogP contribution >= 0.6 is 0 Å². The number of hydrogen-bond donors (Lipinski definition) is 5. The minimum atomic E-state index is -1.42. The highest BCUT2D eigenvalue weighted by molar-refractivity contribution is 6.38. The van der Waals surface area contributed by atoms with Crippen molar-refractivity contribution in [3.63, 3.8) is 0 Å². The van der Waals surface area contributed by atoms with Crippen molar-refractivity contribution in [2.45, 2.75) is 63.7 Å². The first-order valence-electron chi connectivity index (χ1n) is 15.9. The average Bonchev–Trinajstić information content (AvgIpc) is 3.08. The first kappa shape index (κ1) is 36.0. The van der Waals surface area contributed by atoms with Crippen molar-refractivity contribution in [3.05, 3.63) is 120 Å². The van der Waals surface area contributed by atoms with Crippen molar-refractivity contribution >= 4 is 46.1 Å². The highest BCUT2D eigenvalue weighted by Crippen LogP contribution is 2.20. The molecule has 6 N–H and O–H groups in total. The summed E-state index contributed by atoms with van der Waals surface area (Å²) in [7, 11) is 0. The zero-order valence-electron chi connectivity index (χ0n) is 27.7. The summed E-state index contributed by atoms with van der Waals surface area (Å²) in [6.07, 6.45) is 0.173. The van der Waals surface area contributed by atoms with E-state index in [0.717, 1.165) is 21.9 Å². The molecular formula is C38H41N5O6. The highest BCUT2D eigenvalue weighted by Gasteiger charge is 2.34. The van der Waals surface area contributed by atoms with E-state index in [4.69, 9.17) is 5.73 Å². The Hall–Kier alpha value is -5.84. The van der Waals surface area contributed by atoms with Crippen molar-refractivity contribution in [1.29, 1.82) is 0 Å². The van der Waals surface area contributed by atoms with E-state index in [1.54, 1.807) is 42.5 Å². The summed E-state index contributed by atoms with van der Waals surface area (Å²) in [6, 6.07) is 27.6. The zero-order chi connectivity index (χ0) is 35.6. The monoisotopic (exact) mass is 663 g/mol. The van der Waals surface area contributed by atoms with Gasteiger partial charge in [0.05, 0.1) is 12.5 Å². The first-order chi connectivity index (χ1) is 23.3. The molecule has 11 nitrogen and oxygen atoms in total. The van der Waals surface area contributed by atoms with Crippen molar-refractivity contribution < 1.29 is 28.8 Å². The number of amides is 5. The molecule has 0 aliphatic carbocycles. The van der Waals surface area contributed by atoms with Crippen molar-refractivity contribution in [1.82, 2.24) is 21.3 Å². The SMILES string of the molecule is CC(NC(=O)[C@H](Cc1cccc2ccccc12)NC(=O)Cc1ccccc1)C(=O)C(=O)N[C@@H](Cc1ccccc1)C(=O)NC(C)(C)C(N)=O. The lowest BCUT2D eigenvalue weighted by atomic mass is 9.97. The Kier molecular flexibility index (Phi) is 12.0. The number of benzene rings is 4. The molecule has 0 saturated carbocycles. The molecular weight excluding hydrogens is 622 g/mol. The van der Waals surface area contributed by atoms with Gasteiger partial charge in [-0.2, -0.15) is 0 Å². The Morgan fingerprint density at radius 3 is 1.88 bits per heavy atom. The molecule has 0 aromatic heterocycles. The van der Waals surface area contributed by atoms with E-state index in [0.29, 0.717) is 5.56 Å². The van der Waals surface area contributed by atoms with Gasteiger partial charge in [-0.25, -0.2) is 0 Å². The van der Waals surface area contributed by atoms with Gasteiger partial charge in [-0.3, -0.25) is 28.8 Å². The summed E-state index contributed by atoms with van der Waals surface area (Å²) in [5, 5.41) is 12.2. The number of carbonyl (C=O) groups is 6. The molecule has 0 aliphatic heterocycles. The lowest BCUT2D eigenvalue weighted by Gasteiger charge is -2.26. The number of Topliss-reactive ketones (excluding diaryl/α,β-unsaturated/α-hetero) is 1. The molecule has 4 aromatic rings. The number of primary amides is 1. The van der Waals surface area contributed by atoms with Crippen LogP contribution in [0.4, 0.5) is 0 Å². The van der Waals surface area contributed by atoms with Crippen molar-refractivity contribution in [2.24, 2.45) is 5.73 Å². The molecule has 4 rings (SSSR count). The van der Waals surface area contributed by atoms with Gasteiger partial charge < -0.3 is 27.0 Å². The van der Waals surface area contributed by atoms with Crippen LogP contribution in [0.1, 0.15) is 37.5 Å². The van der Waals surface area contributed by atoms with Gasteiger partial charge >= 0.3 is 0 Å². The summed E-state index contributed by atoms with van der Waals surface area (Å²) in [5.41, 5.74) is 6.25. The predicted octanol–water partition coefficient (Wildman–Crippen LogP) is 2.29. The van der Waals surface area contributed by atoms with Crippen LogP contribution in [0.25, 0.3) is 10.8 Å². The Labute approximate surface area is 285 Å². The third-order valence-electron chi connectivity index (χ3n) is 8.10. The fraction of sp³-hybridized carbons (Fsp3) is 0.263. The van der Waals surface area contributed by atoms with Crippen LogP contribution in [0.5, 0.6) is 0 Å². The minimum Gasteiger partial charge on any atom is -0.368 e. The van der Waals surface area contributed by atoms with Gasteiger partial charge in [0.15, 0.2) is 0 Å². The second-order valence-corrected chi connectivity index (χ2v) is 12.4. The fourth-order valence-corrected chi connectivity index (χ4v) is 5.25. The molecule has 4 aromatic carbocycles. The highest BCUT2D eigenvalue weighted by atomic mass is 16.2. The van der Waals surface area contributed by atoms with E-state index in [-0.39, 0.29) is 19.3 Å². The molecule has 0 fully saturated rings. The number of nitrogens with two attached hydrogens (primary N) is 1. The van der Waals surface area contributed by atoms with Crippen LogP contribution in [0.3, 0.4) is 0 Å². The second-order valence-electron chi connectivity index (χ2n) is 12.4. The summed E-state index contributed by atoms with van der Waals surface area (Å²) in [5.74, 6) is -4.68. The average molecular weight is 664 g/mol. The molecule has 0 spiro atoms. The zero-order valence-corrected chi connectivity index (χ0v) is 27.7. The maximum atomic E-state index is 13.7. The molecule has 0 radical (unpaired) electrons. The third-order valence-corrected chi connectivity index (χ3v) is 8.10. The van der Waals surface area contributed by atoms with Gasteiger partial charge in [0.25, 0.3) is 5.91 Å². The topological polar surface area (TPSA) is 177 Å². The molecule has 49 heavy (non-hydrogen) atoms. The van der Waals surface area contributed by atoms with E-state index in [9.17, 15) is 28.8 Å². The van der Waals surface area contributed by atoms with E-state index in [1.165, 1.54) is 20.8 Å². The lowest BCUT2D eigenvalue weighted by Crippen LogP contribution is -2.60. The lowest BCUT2D eigenvalue weighted by molar-refractivity contribution is -0.141. The summed E-state index contributed by atoms with van der Waals surface area (Å²) >= 11 is 0. The van der Waals surface area contributed by atoms with Crippen LogP contribution in [-0.2, 0) is 48.0 Å². The number of fused-ring (bicyclic) bond motifs is 1. The fourth-order valence-electron chi connectivity index (χ4n) is 5.25. The van der Waals surface area contributed by atoms with Crippen LogP contribution in [0, 0.1) is 0 Å². The molecule has 3 atom stereocenters. The summed E-state index contributed by atoms with van der Waals surface area (Å²) in [4.78, 5) is 78.3. The normalized spacial score (nSPS) is 13.0. The van der Waals surface area contributed by atoms with Gasteiger partial charge in [-0.05, 0) is 48.2 Å². The van der Waals surface area contributed by atoms with Gasteiger partial charge in [-0.1, -0.05) is 103 Å². The molecule has 0 saturated heterocycles. The van der Waals surface area contributed by atoms with Gasteiger partial charge in [-0.15, -0.1) is 0 Å². The van der Waals surface area contributed by atoms with Crippen LogP contribution in [0.15, 0.2) is 103 Å². The number of nitrogens with one attached hydrogen (secondary N) is 4. The van der Waals surface area contributed by atoms with Crippen molar-refractivity contribution in [3.8, 4) is 0 Å². The smallest absolute Gasteiger partial charge is 0.290 e. The van der Waals surface area contributed by atoms with Crippen molar-refractivity contribution in [2.75, 3.05) is 0 Å². The quantitative estimate of drug-likeness (QED) is 0.122.